The van der Waals surface area contributed by atoms with Crippen LogP contribution in [-0.2, 0) is 0 Å². The van der Waals surface area contributed by atoms with Crippen molar-refractivity contribution in [3.63, 3.8) is 0 Å². The van der Waals surface area contributed by atoms with Crippen molar-refractivity contribution in [3.05, 3.63) is 35.9 Å². The Morgan fingerprint density at radius 2 is 1.94 bits per heavy atom. The van der Waals surface area contributed by atoms with Gasteiger partial charge in [0.2, 0.25) is 5.92 Å². The highest BCUT2D eigenvalue weighted by Gasteiger charge is 2.37. The SMILES string of the molecule is CC(F)(F)[C@H]1CCN[C@@H](c2ccccc2)C1. The third-order valence-electron chi connectivity index (χ3n) is 3.32. The summed E-state index contributed by atoms with van der Waals surface area (Å²) in [4.78, 5) is 0. The minimum absolute atomic E-state index is 0.0748. The van der Waals surface area contributed by atoms with Crippen molar-refractivity contribution in [2.45, 2.75) is 31.7 Å². The lowest BCUT2D eigenvalue weighted by atomic mass is 9.85. The number of hydrogen-bond acceptors (Lipinski definition) is 1. The van der Waals surface area contributed by atoms with Gasteiger partial charge in [0.1, 0.15) is 0 Å². The van der Waals surface area contributed by atoms with Gasteiger partial charge in [-0.05, 0) is 31.9 Å². The molecule has 1 aliphatic rings. The average Bonchev–Trinajstić information content (AvgIpc) is 2.29. The zero-order valence-corrected chi connectivity index (χ0v) is 9.42. The molecule has 2 atom stereocenters. The summed E-state index contributed by atoms with van der Waals surface area (Å²) in [6, 6.07) is 9.90. The number of alkyl halides is 2. The number of halogens is 2. The van der Waals surface area contributed by atoms with E-state index in [-0.39, 0.29) is 6.04 Å². The van der Waals surface area contributed by atoms with Gasteiger partial charge in [-0.1, -0.05) is 30.3 Å². The molecule has 0 radical (unpaired) electrons. The van der Waals surface area contributed by atoms with Gasteiger partial charge >= 0.3 is 0 Å². The Bertz CT molecular complexity index is 332. The largest absolute Gasteiger partial charge is 0.310 e. The van der Waals surface area contributed by atoms with Gasteiger partial charge in [-0.25, -0.2) is 8.78 Å². The van der Waals surface area contributed by atoms with Crippen LogP contribution in [0.3, 0.4) is 0 Å². The Hall–Kier alpha value is -0.960. The van der Waals surface area contributed by atoms with Crippen LogP contribution in [0.1, 0.15) is 31.4 Å². The second-order valence-electron chi connectivity index (χ2n) is 4.59. The predicted octanol–water partition coefficient (Wildman–Crippen LogP) is 3.38. The summed E-state index contributed by atoms with van der Waals surface area (Å²) >= 11 is 0. The van der Waals surface area contributed by atoms with Crippen molar-refractivity contribution in [2.75, 3.05) is 6.54 Å². The number of piperidine rings is 1. The monoisotopic (exact) mass is 225 g/mol. The lowest BCUT2D eigenvalue weighted by Crippen LogP contribution is -2.38. The standard InChI is InChI=1S/C13H17F2N/c1-13(14,15)11-7-8-16-12(9-11)10-5-3-2-4-6-10/h2-6,11-12,16H,7-9H2,1H3/t11-,12+/m0/s1. The minimum atomic E-state index is -2.56. The van der Waals surface area contributed by atoms with E-state index in [1.807, 2.05) is 30.3 Å². The molecule has 1 fully saturated rings. The Morgan fingerprint density at radius 1 is 1.25 bits per heavy atom. The van der Waals surface area contributed by atoms with E-state index in [0.717, 1.165) is 12.5 Å². The first-order valence-corrected chi connectivity index (χ1v) is 5.73. The van der Waals surface area contributed by atoms with Crippen LogP contribution in [0.25, 0.3) is 0 Å². The van der Waals surface area contributed by atoms with Crippen molar-refractivity contribution >= 4 is 0 Å². The smallest absolute Gasteiger partial charge is 0.248 e. The quantitative estimate of drug-likeness (QED) is 0.813. The predicted molar refractivity (Wildman–Crippen MR) is 60.5 cm³/mol. The van der Waals surface area contributed by atoms with Crippen LogP contribution < -0.4 is 5.32 Å². The first-order chi connectivity index (χ1) is 7.57. The number of rotatable bonds is 2. The van der Waals surface area contributed by atoms with E-state index in [4.69, 9.17) is 0 Å². The maximum atomic E-state index is 13.3. The fourth-order valence-electron chi connectivity index (χ4n) is 2.32. The third-order valence-corrected chi connectivity index (χ3v) is 3.32. The van der Waals surface area contributed by atoms with Crippen LogP contribution in [0.5, 0.6) is 0 Å². The highest BCUT2D eigenvalue weighted by Crippen LogP contribution is 2.36. The van der Waals surface area contributed by atoms with Crippen LogP contribution in [0, 0.1) is 5.92 Å². The molecule has 1 aromatic carbocycles. The molecule has 2 rings (SSSR count). The molecule has 1 aliphatic heterocycles. The molecule has 0 amide bonds. The first-order valence-electron chi connectivity index (χ1n) is 5.73. The molecule has 1 saturated heterocycles. The Kier molecular flexibility index (Phi) is 3.24. The van der Waals surface area contributed by atoms with Gasteiger partial charge in [0.15, 0.2) is 0 Å². The molecule has 0 bridgehead atoms. The molecular weight excluding hydrogens is 208 g/mol. The van der Waals surface area contributed by atoms with Crippen LogP contribution in [0.4, 0.5) is 8.78 Å². The zero-order valence-electron chi connectivity index (χ0n) is 9.42. The first kappa shape index (κ1) is 11.5. The van der Waals surface area contributed by atoms with E-state index in [2.05, 4.69) is 5.32 Å². The molecule has 0 spiro atoms. The fraction of sp³-hybridized carbons (Fsp3) is 0.538. The molecule has 0 unspecified atom stereocenters. The Morgan fingerprint density at radius 3 is 2.56 bits per heavy atom. The van der Waals surface area contributed by atoms with Gasteiger partial charge in [-0.2, -0.15) is 0 Å². The van der Waals surface area contributed by atoms with E-state index in [1.165, 1.54) is 0 Å². The molecule has 88 valence electrons. The summed E-state index contributed by atoms with van der Waals surface area (Å²) in [5.74, 6) is -3.06. The van der Waals surface area contributed by atoms with Gasteiger partial charge in [0, 0.05) is 12.0 Å². The molecule has 0 aromatic heterocycles. The fourth-order valence-corrected chi connectivity index (χ4v) is 2.32. The molecule has 1 heterocycles. The normalized spacial score (nSPS) is 26.7. The van der Waals surface area contributed by atoms with Crippen LogP contribution >= 0.6 is 0 Å². The van der Waals surface area contributed by atoms with Crippen molar-refractivity contribution in [3.8, 4) is 0 Å². The molecular formula is C13H17F2N. The van der Waals surface area contributed by atoms with E-state index in [0.29, 0.717) is 19.4 Å². The third kappa shape index (κ3) is 2.59. The van der Waals surface area contributed by atoms with E-state index in [1.54, 1.807) is 0 Å². The van der Waals surface area contributed by atoms with Gasteiger partial charge in [0.25, 0.3) is 0 Å². The average molecular weight is 225 g/mol. The van der Waals surface area contributed by atoms with Gasteiger partial charge in [-0.15, -0.1) is 0 Å². The van der Waals surface area contributed by atoms with Crippen molar-refractivity contribution in [1.82, 2.24) is 5.32 Å². The van der Waals surface area contributed by atoms with E-state index in [9.17, 15) is 8.78 Å². The minimum Gasteiger partial charge on any atom is -0.310 e. The van der Waals surface area contributed by atoms with E-state index < -0.39 is 11.8 Å². The molecule has 0 saturated carbocycles. The van der Waals surface area contributed by atoms with Gasteiger partial charge < -0.3 is 5.32 Å². The Balaban J connectivity index is 2.08. The molecule has 1 N–H and O–H groups in total. The summed E-state index contributed by atoms with van der Waals surface area (Å²) in [7, 11) is 0. The van der Waals surface area contributed by atoms with Crippen molar-refractivity contribution in [1.29, 1.82) is 0 Å². The molecule has 16 heavy (non-hydrogen) atoms. The second kappa shape index (κ2) is 4.50. The van der Waals surface area contributed by atoms with Crippen LogP contribution in [0.2, 0.25) is 0 Å². The highest BCUT2D eigenvalue weighted by atomic mass is 19.3. The summed E-state index contributed by atoms with van der Waals surface area (Å²) in [6.07, 6.45) is 1.08. The number of benzene rings is 1. The molecule has 3 heteroatoms. The molecule has 0 aliphatic carbocycles. The molecule has 1 nitrogen and oxygen atoms in total. The van der Waals surface area contributed by atoms with Crippen molar-refractivity contribution in [2.24, 2.45) is 5.92 Å². The van der Waals surface area contributed by atoms with Gasteiger partial charge in [0.05, 0.1) is 0 Å². The topological polar surface area (TPSA) is 12.0 Å². The van der Waals surface area contributed by atoms with Gasteiger partial charge in [-0.3, -0.25) is 0 Å². The lowest BCUT2D eigenvalue weighted by Gasteiger charge is -2.33. The second-order valence-corrected chi connectivity index (χ2v) is 4.59. The van der Waals surface area contributed by atoms with Crippen molar-refractivity contribution < 1.29 is 8.78 Å². The maximum absolute atomic E-state index is 13.3. The highest BCUT2D eigenvalue weighted by molar-refractivity contribution is 5.19. The number of hydrogen-bond donors (Lipinski definition) is 1. The number of nitrogens with one attached hydrogen (secondary N) is 1. The summed E-state index contributed by atoms with van der Waals surface area (Å²) < 4.78 is 26.5. The summed E-state index contributed by atoms with van der Waals surface area (Å²) in [6.45, 7) is 1.71. The maximum Gasteiger partial charge on any atom is 0.248 e. The molecule has 1 aromatic rings. The lowest BCUT2D eigenvalue weighted by molar-refractivity contribution is -0.0561. The van der Waals surface area contributed by atoms with Crippen LogP contribution in [0.15, 0.2) is 30.3 Å². The van der Waals surface area contributed by atoms with E-state index >= 15 is 0 Å². The van der Waals surface area contributed by atoms with Crippen LogP contribution in [-0.4, -0.2) is 12.5 Å². The summed E-state index contributed by atoms with van der Waals surface area (Å²) in [5.41, 5.74) is 1.11. The summed E-state index contributed by atoms with van der Waals surface area (Å²) in [5, 5.41) is 3.30. The zero-order chi connectivity index (χ0) is 11.6. The Labute approximate surface area is 94.9 Å².